The van der Waals surface area contributed by atoms with Crippen LogP contribution in [0.4, 0.5) is 0 Å². The second-order valence-electron chi connectivity index (χ2n) is 4.53. The number of ether oxygens (including phenoxy) is 1. The molecule has 1 rings (SSSR count). The van der Waals surface area contributed by atoms with Gasteiger partial charge in [-0.05, 0) is 26.8 Å². The molecule has 17 heavy (non-hydrogen) atoms. The highest BCUT2D eigenvalue weighted by atomic mass is 16.5. The Balaban J connectivity index is 2.17. The maximum Gasteiger partial charge on any atom is 0.307 e. The summed E-state index contributed by atoms with van der Waals surface area (Å²) in [5.74, 6) is -0.0822. The van der Waals surface area contributed by atoms with Gasteiger partial charge in [-0.1, -0.05) is 0 Å². The molecular weight excluding hydrogens is 220 g/mol. The zero-order valence-corrected chi connectivity index (χ0v) is 10.9. The summed E-state index contributed by atoms with van der Waals surface area (Å²) < 4.78 is 4.83. The van der Waals surface area contributed by atoms with Gasteiger partial charge in [0.25, 0.3) is 0 Å². The third-order valence-electron chi connectivity index (χ3n) is 2.90. The molecule has 1 aliphatic rings. The number of carbonyl (C=O) groups excluding carboxylic acids is 2. The fraction of sp³-hybridized carbons (Fsp3) is 0.833. The third kappa shape index (κ3) is 5.17. The molecule has 0 aromatic heterocycles. The van der Waals surface area contributed by atoms with E-state index in [9.17, 15) is 9.59 Å². The molecule has 0 radical (unpaired) electrons. The minimum absolute atomic E-state index is 0.124. The van der Waals surface area contributed by atoms with E-state index < -0.39 is 0 Å². The zero-order chi connectivity index (χ0) is 12.8. The van der Waals surface area contributed by atoms with Crippen LogP contribution in [0.15, 0.2) is 0 Å². The molecule has 0 heterocycles. The van der Waals surface area contributed by atoms with Crippen LogP contribution in [-0.2, 0) is 14.3 Å². The van der Waals surface area contributed by atoms with E-state index in [0.717, 1.165) is 12.8 Å². The second kappa shape index (κ2) is 6.59. The fourth-order valence-electron chi connectivity index (χ4n) is 1.60. The van der Waals surface area contributed by atoms with Crippen LogP contribution in [0, 0.1) is 0 Å². The molecule has 0 aromatic carbocycles. The molecule has 0 N–H and O–H groups in total. The van der Waals surface area contributed by atoms with Crippen LogP contribution in [0.1, 0.15) is 26.2 Å². The molecule has 1 saturated carbocycles. The van der Waals surface area contributed by atoms with Crippen molar-refractivity contribution in [1.29, 1.82) is 0 Å². The lowest BCUT2D eigenvalue weighted by Crippen LogP contribution is -2.38. The largest absolute Gasteiger partial charge is 0.466 e. The quantitative estimate of drug-likeness (QED) is 0.610. The van der Waals surface area contributed by atoms with E-state index >= 15 is 0 Å². The Kier molecular flexibility index (Phi) is 5.41. The molecule has 0 unspecified atom stereocenters. The van der Waals surface area contributed by atoms with Crippen molar-refractivity contribution in [2.24, 2.45) is 0 Å². The molecule has 98 valence electrons. The van der Waals surface area contributed by atoms with Crippen molar-refractivity contribution in [3.05, 3.63) is 0 Å². The smallest absolute Gasteiger partial charge is 0.307 e. The van der Waals surface area contributed by atoms with Gasteiger partial charge >= 0.3 is 5.97 Å². The first-order valence-electron chi connectivity index (χ1n) is 6.14. The van der Waals surface area contributed by atoms with Crippen LogP contribution in [0.2, 0.25) is 0 Å². The lowest BCUT2D eigenvalue weighted by Gasteiger charge is -2.21. The van der Waals surface area contributed by atoms with Crippen molar-refractivity contribution in [2.45, 2.75) is 32.2 Å². The summed E-state index contributed by atoms with van der Waals surface area (Å²) in [5.41, 5.74) is 0. The zero-order valence-electron chi connectivity index (χ0n) is 10.9. The van der Waals surface area contributed by atoms with E-state index in [1.165, 1.54) is 0 Å². The van der Waals surface area contributed by atoms with E-state index in [2.05, 4.69) is 0 Å². The van der Waals surface area contributed by atoms with Gasteiger partial charge in [-0.15, -0.1) is 0 Å². The molecule has 5 heteroatoms. The van der Waals surface area contributed by atoms with Gasteiger partial charge in [0.2, 0.25) is 5.91 Å². The van der Waals surface area contributed by atoms with Gasteiger partial charge in [0, 0.05) is 19.6 Å². The first-order valence-corrected chi connectivity index (χ1v) is 6.14. The normalized spacial score (nSPS) is 14.8. The molecule has 0 bridgehead atoms. The average molecular weight is 242 g/mol. The first-order chi connectivity index (χ1) is 8.04. The van der Waals surface area contributed by atoms with Crippen LogP contribution in [0.25, 0.3) is 0 Å². The third-order valence-corrected chi connectivity index (χ3v) is 2.90. The lowest BCUT2D eigenvalue weighted by molar-refractivity contribution is -0.144. The Morgan fingerprint density at radius 1 is 1.29 bits per heavy atom. The summed E-state index contributed by atoms with van der Waals surface area (Å²) in [6, 6.07) is 0.445. The summed E-state index contributed by atoms with van der Waals surface area (Å²) >= 11 is 0. The number of rotatable bonds is 7. The van der Waals surface area contributed by atoms with E-state index in [0.29, 0.717) is 32.2 Å². The molecule has 0 aliphatic heterocycles. The van der Waals surface area contributed by atoms with Gasteiger partial charge in [0.15, 0.2) is 0 Å². The Bertz CT molecular complexity index is 277. The average Bonchev–Trinajstić information content (AvgIpc) is 3.09. The van der Waals surface area contributed by atoms with Crippen LogP contribution in [-0.4, -0.2) is 61.5 Å². The molecule has 0 spiro atoms. The van der Waals surface area contributed by atoms with Crippen LogP contribution < -0.4 is 0 Å². The van der Waals surface area contributed by atoms with E-state index in [4.69, 9.17) is 4.74 Å². The number of carbonyl (C=O) groups is 2. The summed E-state index contributed by atoms with van der Waals surface area (Å²) in [7, 11) is 3.69. The van der Waals surface area contributed by atoms with Gasteiger partial charge in [0.05, 0.1) is 19.6 Å². The number of hydrogen-bond acceptors (Lipinski definition) is 4. The van der Waals surface area contributed by atoms with Crippen molar-refractivity contribution in [3.63, 3.8) is 0 Å². The lowest BCUT2D eigenvalue weighted by atomic mass is 10.3. The number of nitrogens with zero attached hydrogens (tertiary/aromatic N) is 2. The molecule has 1 aliphatic carbocycles. The van der Waals surface area contributed by atoms with Crippen molar-refractivity contribution < 1.29 is 14.3 Å². The number of esters is 1. The van der Waals surface area contributed by atoms with Crippen molar-refractivity contribution in [3.8, 4) is 0 Å². The Hall–Kier alpha value is -1.10. The van der Waals surface area contributed by atoms with Gasteiger partial charge in [-0.3, -0.25) is 14.5 Å². The first kappa shape index (κ1) is 14.0. The molecule has 0 aromatic rings. The molecule has 0 saturated heterocycles. The van der Waals surface area contributed by atoms with Gasteiger partial charge in [-0.25, -0.2) is 0 Å². The number of amides is 1. The predicted octanol–water partition coefficient (Wildman–Crippen LogP) is 0.492. The standard InChI is InChI=1S/C12H22N2O3/c1-4-17-12(16)7-8-13(2)9-11(15)14(3)10-5-6-10/h10H,4-9H2,1-3H3. The maximum absolute atomic E-state index is 11.8. The van der Waals surface area contributed by atoms with Crippen LogP contribution in [0.5, 0.6) is 0 Å². The highest BCUT2D eigenvalue weighted by molar-refractivity contribution is 5.78. The maximum atomic E-state index is 11.8. The number of hydrogen-bond donors (Lipinski definition) is 0. The van der Waals surface area contributed by atoms with Crippen molar-refractivity contribution in [2.75, 3.05) is 33.8 Å². The van der Waals surface area contributed by atoms with Gasteiger partial charge in [0.1, 0.15) is 0 Å². The second-order valence-corrected chi connectivity index (χ2v) is 4.53. The van der Waals surface area contributed by atoms with Crippen LogP contribution in [0.3, 0.4) is 0 Å². The van der Waals surface area contributed by atoms with Gasteiger partial charge in [-0.2, -0.15) is 0 Å². The Morgan fingerprint density at radius 2 is 1.94 bits per heavy atom. The summed E-state index contributed by atoms with van der Waals surface area (Å²) in [5, 5.41) is 0. The minimum atomic E-state index is -0.206. The topological polar surface area (TPSA) is 49.9 Å². The monoisotopic (exact) mass is 242 g/mol. The van der Waals surface area contributed by atoms with E-state index in [1.54, 1.807) is 11.8 Å². The summed E-state index contributed by atoms with van der Waals surface area (Å²) in [6.45, 7) is 3.12. The summed E-state index contributed by atoms with van der Waals surface area (Å²) in [6.07, 6.45) is 2.58. The summed E-state index contributed by atoms with van der Waals surface area (Å²) in [4.78, 5) is 26.6. The highest BCUT2D eigenvalue weighted by Crippen LogP contribution is 2.25. The Labute approximate surface area is 103 Å². The predicted molar refractivity (Wildman–Crippen MR) is 64.5 cm³/mol. The SMILES string of the molecule is CCOC(=O)CCN(C)CC(=O)N(C)C1CC1. The highest BCUT2D eigenvalue weighted by Gasteiger charge is 2.29. The minimum Gasteiger partial charge on any atom is -0.466 e. The van der Waals surface area contributed by atoms with Crippen molar-refractivity contribution in [1.82, 2.24) is 9.80 Å². The molecular formula is C12H22N2O3. The molecule has 0 atom stereocenters. The van der Waals surface area contributed by atoms with E-state index in [-0.39, 0.29) is 11.9 Å². The fourth-order valence-corrected chi connectivity index (χ4v) is 1.60. The number of likely N-dealkylation sites (N-methyl/N-ethyl adjacent to an activating group) is 2. The molecule has 1 fully saturated rings. The molecule has 5 nitrogen and oxygen atoms in total. The van der Waals surface area contributed by atoms with Gasteiger partial charge < -0.3 is 9.64 Å². The van der Waals surface area contributed by atoms with Crippen LogP contribution >= 0.6 is 0 Å². The van der Waals surface area contributed by atoms with Crippen molar-refractivity contribution >= 4 is 11.9 Å². The molecule has 1 amide bonds. The Morgan fingerprint density at radius 3 is 2.47 bits per heavy atom. The van der Waals surface area contributed by atoms with E-state index in [1.807, 2.05) is 19.0 Å².